The molecule has 1 atom stereocenters. The first-order valence-electron chi connectivity index (χ1n) is 11.8. The number of rotatable bonds is 8. The Morgan fingerprint density at radius 1 is 1.08 bits per heavy atom. The Kier molecular flexibility index (Phi) is 7.18. The van der Waals surface area contributed by atoms with Crippen LogP contribution in [0.15, 0.2) is 88.5 Å². The molecule has 1 unspecified atom stereocenters. The lowest BCUT2D eigenvalue weighted by Gasteiger charge is -2.28. The zero-order chi connectivity index (χ0) is 25.8. The van der Waals surface area contributed by atoms with Gasteiger partial charge in [0.1, 0.15) is 24.1 Å². The number of benzene rings is 3. The predicted molar refractivity (Wildman–Crippen MR) is 143 cm³/mol. The average Bonchev–Trinajstić information content (AvgIpc) is 3.36. The molecule has 188 valence electrons. The first-order chi connectivity index (χ1) is 18.0. The van der Waals surface area contributed by atoms with E-state index in [1.807, 2.05) is 86.6 Å². The maximum atomic E-state index is 13.6. The molecule has 0 saturated heterocycles. The number of halogens is 1. The van der Waals surface area contributed by atoms with Crippen LogP contribution in [0.5, 0.6) is 11.5 Å². The molecule has 1 amide bonds. The lowest BCUT2D eigenvalue weighted by atomic mass is 9.95. The van der Waals surface area contributed by atoms with Gasteiger partial charge in [-0.2, -0.15) is 4.68 Å². The summed E-state index contributed by atoms with van der Waals surface area (Å²) in [5.41, 5.74) is 3.64. The highest BCUT2D eigenvalue weighted by Gasteiger charge is 2.34. The van der Waals surface area contributed by atoms with Crippen molar-refractivity contribution in [3.05, 3.63) is 99.7 Å². The van der Waals surface area contributed by atoms with E-state index in [0.29, 0.717) is 47.6 Å². The number of para-hydroxylation sites is 2. The number of anilines is 2. The maximum absolute atomic E-state index is 13.6. The normalized spacial score (nSPS) is 14.5. The summed E-state index contributed by atoms with van der Waals surface area (Å²) < 4.78 is 14.3. The number of hydrogen-bond donors (Lipinski definition) is 2. The molecule has 2 heterocycles. The number of allylic oxidation sites excluding steroid dienone is 1. The van der Waals surface area contributed by atoms with Crippen LogP contribution in [0.3, 0.4) is 0 Å². The second-order valence-corrected chi connectivity index (χ2v) is 9.30. The Balaban J connectivity index is 1.41. The minimum Gasteiger partial charge on any atom is -0.492 e. The van der Waals surface area contributed by atoms with E-state index >= 15 is 0 Å². The van der Waals surface area contributed by atoms with E-state index in [-0.39, 0.29) is 5.91 Å². The fourth-order valence-electron chi connectivity index (χ4n) is 4.20. The topological polar surface area (TPSA) is 103 Å². The highest BCUT2D eigenvalue weighted by molar-refractivity contribution is 9.10. The standard InChI is InChI=1S/C27H25BrN6O3/c1-3-36-23-10-5-4-9-22(23)30-26(35)24-17(2)29-27-31-32-33-34(27)25(24)19-11-13-21(14-12-19)37-16-18-7-6-8-20(28)15-18/h4-15,25H,3,16H2,1-2H3,(H,30,35)(H,29,31,33). The number of aromatic nitrogens is 4. The van der Waals surface area contributed by atoms with Crippen molar-refractivity contribution in [2.24, 2.45) is 0 Å². The molecule has 1 aliphatic rings. The first kappa shape index (κ1) is 24.5. The summed E-state index contributed by atoms with van der Waals surface area (Å²) >= 11 is 3.48. The molecule has 1 aromatic heterocycles. The van der Waals surface area contributed by atoms with E-state index in [1.54, 1.807) is 4.68 Å². The number of carbonyl (C=O) groups excluding carboxylic acids is 1. The summed E-state index contributed by atoms with van der Waals surface area (Å²) in [5, 5.41) is 18.2. The number of nitrogens with zero attached hydrogens (tertiary/aromatic N) is 4. The molecular formula is C27H25BrN6O3. The zero-order valence-corrected chi connectivity index (χ0v) is 21.9. The van der Waals surface area contributed by atoms with Gasteiger partial charge in [0.2, 0.25) is 5.95 Å². The largest absolute Gasteiger partial charge is 0.492 e. The van der Waals surface area contributed by atoms with Gasteiger partial charge in [-0.15, -0.1) is 0 Å². The summed E-state index contributed by atoms with van der Waals surface area (Å²) in [6, 6.07) is 22.4. The number of carbonyl (C=O) groups is 1. The second-order valence-electron chi connectivity index (χ2n) is 8.38. The van der Waals surface area contributed by atoms with Gasteiger partial charge in [-0.3, -0.25) is 4.79 Å². The van der Waals surface area contributed by atoms with Crippen molar-refractivity contribution in [1.82, 2.24) is 20.2 Å². The van der Waals surface area contributed by atoms with Crippen LogP contribution in [0, 0.1) is 0 Å². The quantitative estimate of drug-likeness (QED) is 0.299. The third-order valence-electron chi connectivity index (χ3n) is 5.88. The molecule has 10 heteroatoms. The van der Waals surface area contributed by atoms with Gasteiger partial charge in [0.15, 0.2) is 0 Å². The number of tetrazole rings is 1. The predicted octanol–water partition coefficient (Wildman–Crippen LogP) is 5.34. The monoisotopic (exact) mass is 560 g/mol. The third kappa shape index (κ3) is 5.34. The smallest absolute Gasteiger partial charge is 0.255 e. The van der Waals surface area contributed by atoms with Gasteiger partial charge >= 0.3 is 0 Å². The van der Waals surface area contributed by atoms with Crippen LogP contribution in [0.1, 0.15) is 31.0 Å². The third-order valence-corrected chi connectivity index (χ3v) is 6.38. The fraction of sp³-hybridized carbons (Fsp3) is 0.185. The molecule has 0 fully saturated rings. The molecule has 4 aromatic rings. The van der Waals surface area contributed by atoms with Crippen LogP contribution >= 0.6 is 15.9 Å². The molecule has 0 aliphatic carbocycles. The Bertz CT molecular complexity index is 1450. The molecule has 2 N–H and O–H groups in total. The van der Waals surface area contributed by atoms with Gasteiger partial charge in [0.05, 0.1) is 17.9 Å². The van der Waals surface area contributed by atoms with Crippen molar-refractivity contribution < 1.29 is 14.3 Å². The minimum atomic E-state index is -0.537. The van der Waals surface area contributed by atoms with Gasteiger partial charge in [-0.05, 0) is 71.8 Å². The van der Waals surface area contributed by atoms with E-state index in [4.69, 9.17) is 9.47 Å². The lowest BCUT2D eigenvalue weighted by Crippen LogP contribution is -2.31. The Morgan fingerprint density at radius 2 is 1.89 bits per heavy atom. The summed E-state index contributed by atoms with van der Waals surface area (Å²) in [6.07, 6.45) is 0. The number of ether oxygens (including phenoxy) is 2. The lowest BCUT2D eigenvalue weighted by molar-refractivity contribution is -0.113. The van der Waals surface area contributed by atoms with Crippen LogP contribution in [-0.4, -0.2) is 32.7 Å². The molecule has 3 aromatic carbocycles. The van der Waals surface area contributed by atoms with E-state index in [1.165, 1.54) is 0 Å². The Hall–Kier alpha value is -4.18. The van der Waals surface area contributed by atoms with E-state index in [9.17, 15) is 4.79 Å². The van der Waals surface area contributed by atoms with E-state index in [0.717, 1.165) is 15.6 Å². The highest BCUT2D eigenvalue weighted by atomic mass is 79.9. The van der Waals surface area contributed by atoms with Crippen molar-refractivity contribution in [3.8, 4) is 11.5 Å². The SMILES string of the molecule is CCOc1ccccc1NC(=O)C1=C(C)Nc2nnnn2C1c1ccc(OCc2cccc(Br)c2)cc1. The van der Waals surface area contributed by atoms with Gasteiger partial charge < -0.3 is 20.1 Å². The van der Waals surface area contributed by atoms with E-state index < -0.39 is 6.04 Å². The van der Waals surface area contributed by atoms with Gasteiger partial charge in [0.25, 0.3) is 5.91 Å². The molecule has 0 saturated carbocycles. The number of amides is 1. The van der Waals surface area contributed by atoms with Crippen LogP contribution in [0.2, 0.25) is 0 Å². The molecule has 5 rings (SSSR count). The fourth-order valence-corrected chi connectivity index (χ4v) is 4.64. The van der Waals surface area contributed by atoms with Gasteiger partial charge in [-0.25, -0.2) is 0 Å². The molecule has 1 aliphatic heterocycles. The van der Waals surface area contributed by atoms with Crippen LogP contribution < -0.4 is 20.1 Å². The van der Waals surface area contributed by atoms with Gasteiger partial charge in [-0.1, -0.05) is 57.4 Å². The van der Waals surface area contributed by atoms with E-state index in [2.05, 4.69) is 42.1 Å². The van der Waals surface area contributed by atoms with Gasteiger partial charge in [0, 0.05) is 10.2 Å². The molecular weight excluding hydrogens is 536 g/mol. The van der Waals surface area contributed by atoms with Crippen molar-refractivity contribution in [1.29, 1.82) is 0 Å². The molecule has 0 spiro atoms. The summed E-state index contributed by atoms with van der Waals surface area (Å²) in [5.74, 6) is 1.50. The Morgan fingerprint density at radius 3 is 2.68 bits per heavy atom. The molecule has 0 radical (unpaired) electrons. The maximum Gasteiger partial charge on any atom is 0.255 e. The second kappa shape index (κ2) is 10.8. The number of nitrogens with one attached hydrogen (secondary N) is 2. The summed E-state index contributed by atoms with van der Waals surface area (Å²) in [7, 11) is 0. The van der Waals surface area contributed by atoms with Crippen LogP contribution in [-0.2, 0) is 11.4 Å². The molecule has 9 nitrogen and oxygen atoms in total. The van der Waals surface area contributed by atoms with Crippen LogP contribution in [0.25, 0.3) is 0 Å². The van der Waals surface area contributed by atoms with Crippen molar-refractivity contribution in [3.63, 3.8) is 0 Å². The number of hydrogen-bond acceptors (Lipinski definition) is 7. The highest BCUT2D eigenvalue weighted by Crippen LogP contribution is 2.36. The summed E-state index contributed by atoms with van der Waals surface area (Å²) in [4.78, 5) is 13.6. The first-order valence-corrected chi connectivity index (χ1v) is 12.6. The molecule has 0 bridgehead atoms. The minimum absolute atomic E-state index is 0.279. The van der Waals surface area contributed by atoms with Crippen molar-refractivity contribution in [2.75, 3.05) is 17.2 Å². The number of fused-ring (bicyclic) bond motifs is 1. The Labute approximate surface area is 222 Å². The summed E-state index contributed by atoms with van der Waals surface area (Å²) in [6.45, 7) is 4.67. The molecule has 37 heavy (non-hydrogen) atoms. The van der Waals surface area contributed by atoms with Crippen molar-refractivity contribution in [2.45, 2.75) is 26.5 Å². The van der Waals surface area contributed by atoms with Crippen molar-refractivity contribution >= 4 is 33.5 Å². The van der Waals surface area contributed by atoms with Crippen LogP contribution in [0.4, 0.5) is 11.6 Å². The zero-order valence-electron chi connectivity index (χ0n) is 20.3. The average molecular weight is 561 g/mol.